The molecule has 0 saturated heterocycles. The number of hydrogen-bond donors (Lipinski definition) is 1. The SMILES string of the molecule is COC(=O)c1ccc(Cl)c(Nc2ncnc3scc(-c4ccc(F)cc4)c23)c1. The summed E-state index contributed by atoms with van der Waals surface area (Å²) in [5.41, 5.74) is 2.60. The molecule has 2 aromatic heterocycles. The van der Waals surface area contributed by atoms with Crippen LogP contribution in [0, 0.1) is 5.82 Å². The number of aromatic nitrogens is 2. The van der Waals surface area contributed by atoms with Crippen molar-refractivity contribution in [3.05, 3.63) is 70.6 Å². The van der Waals surface area contributed by atoms with Crippen LogP contribution in [-0.4, -0.2) is 23.0 Å². The minimum atomic E-state index is -0.463. The van der Waals surface area contributed by atoms with E-state index in [4.69, 9.17) is 16.3 Å². The number of fused-ring (bicyclic) bond motifs is 1. The Bertz CT molecular complexity index is 1180. The molecule has 140 valence electrons. The third-order valence-electron chi connectivity index (χ3n) is 4.17. The molecule has 0 aliphatic heterocycles. The fraction of sp³-hybridized carbons (Fsp3) is 0.0500. The van der Waals surface area contributed by atoms with E-state index in [0.29, 0.717) is 22.1 Å². The van der Waals surface area contributed by atoms with Crippen molar-refractivity contribution in [1.29, 1.82) is 0 Å². The van der Waals surface area contributed by atoms with Gasteiger partial charge in [-0.15, -0.1) is 11.3 Å². The maximum absolute atomic E-state index is 13.3. The standard InChI is InChI=1S/C20H13ClFN3O2S/c1-27-20(26)12-4-7-15(21)16(8-12)25-18-17-14(9-28-19(17)24-10-23-18)11-2-5-13(22)6-3-11/h2-10H,1H3,(H,23,24,25). The molecule has 2 heterocycles. The number of methoxy groups -OCH3 is 1. The molecule has 0 unspecified atom stereocenters. The first-order valence-electron chi connectivity index (χ1n) is 8.20. The first-order valence-corrected chi connectivity index (χ1v) is 9.45. The lowest BCUT2D eigenvalue weighted by molar-refractivity contribution is 0.0601. The molecule has 0 aliphatic carbocycles. The number of benzene rings is 2. The number of esters is 1. The van der Waals surface area contributed by atoms with Crippen LogP contribution in [0.3, 0.4) is 0 Å². The number of rotatable bonds is 4. The lowest BCUT2D eigenvalue weighted by Gasteiger charge is -2.11. The van der Waals surface area contributed by atoms with E-state index in [2.05, 4.69) is 15.3 Å². The second-order valence-electron chi connectivity index (χ2n) is 5.87. The summed E-state index contributed by atoms with van der Waals surface area (Å²) in [6.45, 7) is 0. The molecule has 0 aliphatic rings. The van der Waals surface area contributed by atoms with Crippen molar-refractivity contribution in [2.24, 2.45) is 0 Å². The summed E-state index contributed by atoms with van der Waals surface area (Å²) < 4.78 is 18.1. The summed E-state index contributed by atoms with van der Waals surface area (Å²) in [6.07, 6.45) is 1.45. The van der Waals surface area contributed by atoms with Crippen LogP contribution >= 0.6 is 22.9 Å². The van der Waals surface area contributed by atoms with E-state index in [0.717, 1.165) is 21.3 Å². The molecular weight excluding hydrogens is 401 g/mol. The van der Waals surface area contributed by atoms with Crippen molar-refractivity contribution < 1.29 is 13.9 Å². The van der Waals surface area contributed by atoms with Crippen LogP contribution in [-0.2, 0) is 4.74 Å². The first-order chi connectivity index (χ1) is 13.6. The maximum Gasteiger partial charge on any atom is 0.337 e. The molecule has 0 fully saturated rings. The average Bonchev–Trinajstić information content (AvgIpc) is 3.15. The van der Waals surface area contributed by atoms with Gasteiger partial charge >= 0.3 is 5.97 Å². The molecule has 8 heteroatoms. The van der Waals surface area contributed by atoms with Crippen LogP contribution in [0.4, 0.5) is 15.9 Å². The van der Waals surface area contributed by atoms with E-state index in [9.17, 15) is 9.18 Å². The van der Waals surface area contributed by atoms with Gasteiger partial charge in [-0.3, -0.25) is 0 Å². The highest BCUT2D eigenvalue weighted by molar-refractivity contribution is 7.17. The van der Waals surface area contributed by atoms with Crippen molar-refractivity contribution in [3.63, 3.8) is 0 Å². The summed E-state index contributed by atoms with van der Waals surface area (Å²) in [6, 6.07) is 11.0. The van der Waals surface area contributed by atoms with E-state index in [-0.39, 0.29) is 5.82 Å². The molecule has 0 spiro atoms. The minimum absolute atomic E-state index is 0.302. The second kappa shape index (κ2) is 7.53. The van der Waals surface area contributed by atoms with Crippen molar-refractivity contribution in [3.8, 4) is 11.1 Å². The number of anilines is 2. The number of carbonyl (C=O) groups is 1. The molecule has 4 rings (SSSR count). The van der Waals surface area contributed by atoms with Gasteiger partial charge in [-0.25, -0.2) is 19.2 Å². The molecule has 1 N–H and O–H groups in total. The van der Waals surface area contributed by atoms with Gasteiger partial charge in [0.15, 0.2) is 0 Å². The predicted octanol–water partition coefficient (Wildman–Crippen LogP) is 5.68. The van der Waals surface area contributed by atoms with E-state index >= 15 is 0 Å². The molecule has 0 amide bonds. The third kappa shape index (κ3) is 3.42. The normalized spacial score (nSPS) is 10.8. The second-order valence-corrected chi connectivity index (χ2v) is 7.14. The molecule has 0 radical (unpaired) electrons. The molecular formula is C20H13ClFN3O2S. The van der Waals surface area contributed by atoms with Crippen LogP contribution in [0.1, 0.15) is 10.4 Å². The monoisotopic (exact) mass is 413 g/mol. The highest BCUT2D eigenvalue weighted by Gasteiger charge is 2.15. The molecule has 0 bridgehead atoms. The van der Waals surface area contributed by atoms with Gasteiger partial charge < -0.3 is 10.1 Å². The Kier molecular flexibility index (Phi) is 4.93. The molecule has 4 aromatic rings. The quantitative estimate of drug-likeness (QED) is 0.436. The summed E-state index contributed by atoms with van der Waals surface area (Å²) in [4.78, 5) is 21.3. The zero-order valence-corrected chi connectivity index (χ0v) is 16.1. The van der Waals surface area contributed by atoms with Gasteiger partial charge in [0.2, 0.25) is 0 Å². The maximum atomic E-state index is 13.3. The van der Waals surface area contributed by atoms with E-state index in [1.54, 1.807) is 30.3 Å². The van der Waals surface area contributed by atoms with E-state index < -0.39 is 5.97 Å². The summed E-state index contributed by atoms with van der Waals surface area (Å²) in [7, 11) is 1.32. The Morgan fingerprint density at radius 3 is 2.71 bits per heavy atom. The van der Waals surface area contributed by atoms with Crippen molar-refractivity contribution in [1.82, 2.24) is 9.97 Å². The lowest BCUT2D eigenvalue weighted by Crippen LogP contribution is -2.03. The minimum Gasteiger partial charge on any atom is -0.465 e. The van der Waals surface area contributed by atoms with Crippen LogP contribution in [0.2, 0.25) is 5.02 Å². The van der Waals surface area contributed by atoms with Crippen molar-refractivity contribution in [2.45, 2.75) is 0 Å². The Labute approximate surface area is 168 Å². The molecule has 5 nitrogen and oxygen atoms in total. The van der Waals surface area contributed by atoms with Gasteiger partial charge in [-0.2, -0.15) is 0 Å². The van der Waals surface area contributed by atoms with Crippen LogP contribution < -0.4 is 5.32 Å². The molecule has 28 heavy (non-hydrogen) atoms. The summed E-state index contributed by atoms with van der Waals surface area (Å²) >= 11 is 7.76. The van der Waals surface area contributed by atoms with Gasteiger partial charge in [0.25, 0.3) is 0 Å². The van der Waals surface area contributed by atoms with Gasteiger partial charge in [0.05, 0.1) is 28.8 Å². The molecule has 0 saturated carbocycles. The Morgan fingerprint density at radius 2 is 1.96 bits per heavy atom. The molecule has 0 atom stereocenters. The summed E-state index contributed by atoms with van der Waals surface area (Å²) in [5.74, 6) is -0.228. The largest absolute Gasteiger partial charge is 0.465 e. The summed E-state index contributed by atoms with van der Waals surface area (Å²) in [5, 5.41) is 6.35. The van der Waals surface area contributed by atoms with Gasteiger partial charge in [-0.1, -0.05) is 23.7 Å². The highest BCUT2D eigenvalue weighted by atomic mass is 35.5. The number of hydrogen-bond acceptors (Lipinski definition) is 6. The zero-order chi connectivity index (χ0) is 19.7. The Morgan fingerprint density at radius 1 is 1.18 bits per heavy atom. The fourth-order valence-electron chi connectivity index (χ4n) is 2.81. The first kappa shape index (κ1) is 18.3. The molecule has 2 aromatic carbocycles. The van der Waals surface area contributed by atoms with E-state index in [1.807, 2.05) is 5.38 Å². The number of thiophene rings is 1. The van der Waals surface area contributed by atoms with Crippen LogP contribution in [0.25, 0.3) is 21.3 Å². The Hall–Kier alpha value is -3.03. The Balaban J connectivity index is 1.81. The van der Waals surface area contributed by atoms with Gasteiger partial charge in [-0.05, 0) is 35.9 Å². The van der Waals surface area contributed by atoms with E-state index in [1.165, 1.54) is 36.9 Å². The number of carbonyl (C=O) groups excluding carboxylic acids is 1. The van der Waals surface area contributed by atoms with Gasteiger partial charge in [0.1, 0.15) is 22.8 Å². The predicted molar refractivity (Wildman–Crippen MR) is 109 cm³/mol. The smallest absolute Gasteiger partial charge is 0.337 e. The average molecular weight is 414 g/mol. The van der Waals surface area contributed by atoms with Crippen molar-refractivity contribution in [2.75, 3.05) is 12.4 Å². The van der Waals surface area contributed by atoms with Crippen LogP contribution in [0.15, 0.2) is 54.2 Å². The third-order valence-corrected chi connectivity index (χ3v) is 5.38. The topological polar surface area (TPSA) is 64.1 Å². The fourth-order valence-corrected chi connectivity index (χ4v) is 3.89. The zero-order valence-electron chi connectivity index (χ0n) is 14.6. The number of nitrogens with zero attached hydrogens (tertiary/aromatic N) is 2. The number of ether oxygens (including phenoxy) is 1. The van der Waals surface area contributed by atoms with Gasteiger partial charge in [0, 0.05) is 10.9 Å². The van der Waals surface area contributed by atoms with Crippen LogP contribution in [0.5, 0.6) is 0 Å². The number of nitrogens with one attached hydrogen (secondary N) is 1. The van der Waals surface area contributed by atoms with Crippen molar-refractivity contribution >= 4 is 50.6 Å². The number of halogens is 2. The lowest BCUT2D eigenvalue weighted by atomic mass is 10.1. The highest BCUT2D eigenvalue weighted by Crippen LogP contribution is 2.38.